The number of carbonyl (C=O) groups is 1. The van der Waals surface area contributed by atoms with Crippen LogP contribution in [0.2, 0.25) is 5.02 Å². The van der Waals surface area contributed by atoms with E-state index in [1.165, 1.54) is 16.9 Å². The molecular formula is C28H35ClN4O2S. The molecule has 1 aromatic carbocycles. The van der Waals surface area contributed by atoms with Crippen LogP contribution in [0.15, 0.2) is 29.3 Å². The molecule has 0 radical (unpaired) electrons. The van der Waals surface area contributed by atoms with Gasteiger partial charge < -0.3 is 4.74 Å². The van der Waals surface area contributed by atoms with Crippen LogP contribution in [0.4, 0.5) is 0 Å². The summed E-state index contributed by atoms with van der Waals surface area (Å²) < 4.78 is 7.81. The predicted molar refractivity (Wildman–Crippen MR) is 147 cm³/mol. The Hall–Kier alpha value is -2.35. The SMILES string of the molecule is Cc1sc2c(c1C)C(c1ccc(Cl)cc1)=N[C@@H](CC(=O)CCCOCCCC(C)C)c1nnc(C)n1-2. The van der Waals surface area contributed by atoms with Gasteiger partial charge in [-0.1, -0.05) is 37.6 Å². The lowest BCUT2D eigenvalue weighted by molar-refractivity contribution is -0.119. The normalized spacial score (nSPS) is 15.0. The van der Waals surface area contributed by atoms with Gasteiger partial charge in [-0.2, -0.15) is 0 Å². The number of thiophene rings is 1. The number of aliphatic imine (C=N–C) groups is 1. The number of ketones is 1. The van der Waals surface area contributed by atoms with Gasteiger partial charge >= 0.3 is 0 Å². The van der Waals surface area contributed by atoms with Crippen molar-refractivity contribution in [1.82, 2.24) is 14.8 Å². The molecule has 1 aliphatic rings. The molecule has 3 heterocycles. The number of rotatable bonds is 11. The summed E-state index contributed by atoms with van der Waals surface area (Å²) in [7, 11) is 0. The first-order valence-corrected chi connectivity index (χ1v) is 13.9. The van der Waals surface area contributed by atoms with Crippen LogP contribution < -0.4 is 0 Å². The monoisotopic (exact) mass is 526 g/mol. The summed E-state index contributed by atoms with van der Waals surface area (Å²) in [6, 6.07) is 7.34. The first kappa shape index (κ1) is 26.7. The molecule has 4 rings (SSSR count). The minimum Gasteiger partial charge on any atom is -0.381 e. The quantitative estimate of drug-likeness (QED) is 0.252. The minimum absolute atomic E-state index is 0.162. The van der Waals surface area contributed by atoms with Crippen molar-refractivity contribution < 1.29 is 9.53 Å². The molecule has 0 aliphatic carbocycles. The molecule has 1 atom stereocenters. The van der Waals surface area contributed by atoms with Crippen molar-refractivity contribution in [2.45, 2.75) is 72.8 Å². The Morgan fingerprint density at radius 1 is 1.11 bits per heavy atom. The third kappa shape index (κ3) is 5.96. The van der Waals surface area contributed by atoms with Crippen molar-refractivity contribution in [2.24, 2.45) is 10.9 Å². The minimum atomic E-state index is -0.407. The summed E-state index contributed by atoms with van der Waals surface area (Å²) in [5.41, 5.74) is 4.11. The zero-order valence-electron chi connectivity index (χ0n) is 21.8. The van der Waals surface area contributed by atoms with E-state index in [-0.39, 0.29) is 12.2 Å². The van der Waals surface area contributed by atoms with E-state index in [1.54, 1.807) is 11.3 Å². The Kier molecular flexibility index (Phi) is 8.75. The molecule has 6 nitrogen and oxygen atoms in total. The number of hydrogen-bond donors (Lipinski definition) is 0. The second-order valence-corrected chi connectivity index (χ2v) is 11.5. The number of carbonyl (C=O) groups excluding carboxylic acids is 1. The highest BCUT2D eigenvalue weighted by molar-refractivity contribution is 7.15. The van der Waals surface area contributed by atoms with Gasteiger partial charge in [-0.3, -0.25) is 14.4 Å². The molecule has 3 aromatic rings. The topological polar surface area (TPSA) is 69.4 Å². The Balaban J connectivity index is 1.57. The first-order valence-electron chi connectivity index (χ1n) is 12.7. The highest BCUT2D eigenvalue weighted by Crippen LogP contribution is 2.39. The van der Waals surface area contributed by atoms with Crippen LogP contribution in [0.1, 0.15) is 85.2 Å². The van der Waals surface area contributed by atoms with Crippen LogP contribution >= 0.6 is 22.9 Å². The molecule has 0 saturated heterocycles. The van der Waals surface area contributed by atoms with E-state index >= 15 is 0 Å². The number of halogens is 1. The molecule has 192 valence electrons. The van der Waals surface area contributed by atoms with E-state index in [4.69, 9.17) is 21.3 Å². The zero-order chi connectivity index (χ0) is 25.8. The highest BCUT2D eigenvalue weighted by atomic mass is 35.5. The van der Waals surface area contributed by atoms with E-state index in [9.17, 15) is 4.79 Å². The highest BCUT2D eigenvalue weighted by Gasteiger charge is 2.32. The summed E-state index contributed by atoms with van der Waals surface area (Å²) in [6.07, 6.45) is 3.71. The number of benzene rings is 1. The number of fused-ring (bicyclic) bond motifs is 3. The van der Waals surface area contributed by atoms with E-state index in [0.717, 1.165) is 52.9 Å². The number of aromatic nitrogens is 3. The number of nitrogens with zero attached hydrogens (tertiary/aromatic N) is 4. The lowest BCUT2D eigenvalue weighted by atomic mass is 9.99. The van der Waals surface area contributed by atoms with Crippen molar-refractivity contribution >= 4 is 34.4 Å². The van der Waals surface area contributed by atoms with Gasteiger partial charge in [0, 0.05) is 47.1 Å². The maximum atomic E-state index is 13.0. The average molecular weight is 527 g/mol. The Bertz CT molecular complexity index is 1240. The molecule has 0 N–H and O–H groups in total. The molecule has 0 spiro atoms. The standard InChI is InChI=1S/C28H35ClN4O2S/c1-17(2)8-6-14-35-15-7-9-23(34)16-24-27-32-31-20(5)33(27)28-25(18(3)19(4)36-28)26(30-24)21-10-12-22(29)13-11-21/h10-13,17,24H,6-9,14-16H2,1-5H3/t24-/m0/s1. The number of aryl methyl sites for hydroxylation is 2. The number of ether oxygens (including phenoxy) is 1. The van der Waals surface area contributed by atoms with Crippen molar-refractivity contribution in [1.29, 1.82) is 0 Å². The third-order valence-electron chi connectivity index (χ3n) is 6.59. The first-order chi connectivity index (χ1) is 17.3. The molecule has 0 bridgehead atoms. The maximum absolute atomic E-state index is 13.0. The maximum Gasteiger partial charge on any atom is 0.163 e. The van der Waals surface area contributed by atoms with Gasteiger partial charge in [0.05, 0.1) is 5.71 Å². The molecule has 8 heteroatoms. The van der Waals surface area contributed by atoms with Gasteiger partial charge in [0.2, 0.25) is 0 Å². The summed E-state index contributed by atoms with van der Waals surface area (Å²) in [5, 5.41) is 10.6. The van der Waals surface area contributed by atoms with Gasteiger partial charge in [-0.15, -0.1) is 21.5 Å². The van der Waals surface area contributed by atoms with Crippen molar-refractivity contribution in [3.8, 4) is 5.00 Å². The van der Waals surface area contributed by atoms with E-state index in [1.807, 2.05) is 31.2 Å². The van der Waals surface area contributed by atoms with Crippen molar-refractivity contribution in [3.05, 3.63) is 62.5 Å². The second-order valence-electron chi connectivity index (χ2n) is 9.90. The molecule has 0 fully saturated rings. The number of Topliss-reactive ketones (excluding diaryl/α,β-unsaturated/α-hetero) is 1. The van der Waals surface area contributed by atoms with Crippen molar-refractivity contribution in [2.75, 3.05) is 13.2 Å². The van der Waals surface area contributed by atoms with E-state index in [2.05, 4.69) is 42.5 Å². The van der Waals surface area contributed by atoms with E-state index < -0.39 is 6.04 Å². The number of hydrogen-bond acceptors (Lipinski definition) is 6. The molecule has 0 saturated carbocycles. The van der Waals surface area contributed by atoms with Crippen LogP contribution in [0.5, 0.6) is 0 Å². The summed E-state index contributed by atoms with van der Waals surface area (Å²) in [6.45, 7) is 12.0. The van der Waals surface area contributed by atoms with Gasteiger partial charge in [0.1, 0.15) is 22.7 Å². The lowest BCUT2D eigenvalue weighted by Gasteiger charge is -2.12. The molecule has 36 heavy (non-hydrogen) atoms. The van der Waals surface area contributed by atoms with Gasteiger partial charge in [0.25, 0.3) is 0 Å². The predicted octanol–water partition coefficient (Wildman–Crippen LogP) is 6.99. The lowest BCUT2D eigenvalue weighted by Crippen LogP contribution is -2.12. The fourth-order valence-electron chi connectivity index (χ4n) is 4.52. The molecule has 0 amide bonds. The van der Waals surface area contributed by atoms with Crippen LogP contribution in [0.3, 0.4) is 0 Å². The molecule has 2 aromatic heterocycles. The fraction of sp³-hybridized carbons (Fsp3) is 0.500. The summed E-state index contributed by atoms with van der Waals surface area (Å²) in [5.74, 6) is 2.37. The zero-order valence-corrected chi connectivity index (χ0v) is 23.4. The van der Waals surface area contributed by atoms with Crippen LogP contribution in [-0.2, 0) is 9.53 Å². The van der Waals surface area contributed by atoms with E-state index in [0.29, 0.717) is 24.0 Å². The average Bonchev–Trinajstić information content (AvgIpc) is 3.31. The largest absolute Gasteiger partial charge is 0.381 e. The molecule has 1 aliphatic heterocycles. The Morgan fingerprint density at radius 3 is 2.56 bits per heavy atom. The van der Waals surface area contributed by atoms with Crippen molar-refractivity contribution in [3.63, 3.8) is 0 Å². The van der Waals surface area contributed by atoms with Crippen LogP contribution in [0, 0.1) is 26.7 Å². The molecule has 0 unspecified atom stereocenters. The second kappa shape index (κ2) is 11.8. The fourth-order valence-corrected chi connectivity index (χ4v) is 5.86. The summed E-state index contributed by atoms with van der Waals surface area (Å²) in [4.78, 5) is 19.4. The summed E-state index contributed by atoms with van der Waals surface area (Å²) >= 11 is 7.89. The third-order valence-corrected chi connectivity index (χ3v) is 8.04. The van der Waals surface area contributed by atoms with Crippen LogP contribution in [0.25, 0.3) is 5.00 Å². The molecular weight excluding hydrogens is 492 g/mol. The van der Waals surface area contributed by atoms with Crippen LogP contribution in [-0.4, -0.2) is 39.5 Å². The Morgan fingerprint density at radius 2 is 1.83 bits per heavy atom. The van der Waals surface area contributed by atoms with Gasteiger partial charge in [0.15, 0.2) is 5.82 Å². The van der Waals surface area contributed by atoms with Gasteiger partial charge in [-0.25, -0.2) is 0 Å². The Labute approximate surface area is 222 Å². The smallest absolute Gasteiger partial charge is 0.163 e. The van der Waals surface area contributed by atoms with Gasteiger partial charge in [-0.05, 0) is 63.6 Å².